The third-order valence-electron chi connectivity index (χ3n) is 2.88. The smallest absolute Gasteiger partial charge is 0.224 e. The summed E-state index contributed by atoms with van der Waals surface area (Å²) in [5.74, 6) is 1.58. The fourth-order valence-electron chi connectivity index (χ4n) is 1.80. The van der Waals surface area contributed by atoms with Crippen LogP contribution in [0.15, 0.2) is 30.5 Å². The number of rotatable bonds is 5. The summed E-state index contributed by atoms with van der Waals surface area (Å²) in [6.07, 6.45) is 2.72. The summed E-state index contributed by atoms with van der Waals surface area (Å²) in [4.78, 5) is 15.2. The van der Waals surface area contributed by atoms with E-state index in [0.29, 0.717) is 5.95 Å². The highest BCUT2D eigenvalue weighted by atomic mass is 15.2. The van der Waals surface area contributed by atoms with Gasteiger partial charge in [0.05, 0.1) is 0 Å². The second-order valence-corrected chi connectivity index (χ2v) is 4.43. The van der Waals surface area contributed by atoms with Gasteiger partial charge in [-0.1, -0.05) is 6.07 Å². The number of aromatic nitrogens is 3. The summed E-state index contributed by atoms with van der Waals surface area (Å²) in [5, 5.41) is 2.98. The second-order valence-electron chi connectivity index (χ2n) is 4.43. The van der Waals surface area contributed by atoms with Crippen molar-refractivity contribution in [2.75, 3.05) is 30.9 Å². The highest BCUT2D eigenvalue weighted by Crippen LogP contribution is 2.13. The van der Waals surface area contributed by atoms with Gasteiger partial charge in [-0.05, 0) is 19.1 Å². The Bertz CT molecular complexity index is 527. The average molecular weight is 257 g/mol. The van der Waals surface area contributed by atoms with Crippen molar-refractivity contribution < 1.29 is 0 Å². The summed E-state index contributed by atoms with van der Waals surface area (Å²) in [7, 11) is 3.86. The molecule has 5 heteroatoms. The van der Waals surface area contributed by atoms with Crippen LogP contribution >= 0.6 is 0 Å². The largest absolute Gasteiger partial charge is 0.359 e. The lowest BCUT2D eigenvalue weighted by atomic mass is 10.2. The van der Waals surface area contributed by atoms with E-state index >= 15 is 0 Å². The highest BCUT2D eigenvalue weighted by Gasteiger charge is 2.06. The van der Waals surface area contributed by atoms with Gasteiger partial charge in [-0.2, -0.15) is 4.98 Å². The lowest BCUT2D eigenvalue weighted by Gasteiger charge is -2.18. The molecule has 0 unspecified atom stereocenters. The predicted octanol–water partition coefficient (Wildman–Crippen LogP) is 1.90. The van der Waals surface area contributed by atoms with Gasteiger partial charge in [0.1, 0.15) is 5.82 Å². The minimum atomic E-state index is 0.652. The molecule has 0 radical (unpaired) electrons. The molecule has 0 aliphatic heterocycles. The zero-order valence-corrected chi connectivity index (χ0v) is 11.6. The Kier molecular flexibility index (Phi) is 4.28. The summed E-state index contributed by atoms with van der Waals surface area (Å²) < 4.78 is 0. The van der Waals surface area contributed by atoms with Crippen LogP contribution in [0.4, 0.5) is 11.8 Å². The van der Waals surface area contributed by atoms with Gasteiger partial charge in [0.15, 0.2) is 0 Å². The molecule has 0 saturated carbocycles. The summed E-state index contributed by atoms with van der Waals surface area (Å²) in [6.45, 7) is 2.84. The van der Waals surface area contributed by atoms with Gasteiger partial charge in [-0.25, -0.2) is 4.98 Å². The molecule has 0 atom stereocenters. The number of pyridine rings is 1. The van der Waals surface area contributed by atoms with Crippen LogP contribution in [0.3, 0.4) is 0 Å². The first-order chi connectivity index (χ1) is 9.19. The van der Waals surface area contributed by atoms with Crippen LogP contribution in [0.1, 0.15) is 11.4 Å². The molecule has 19 heavy (non-hydrogen) atoms. The predicted molar refractivity (Wildman–Crippen MR) is 77.5 cm³/mol. The Morgan fingerprint density at radius 2 is 2.11 bits per heavy atom. The molecule has 5 nitrogen and oxygen atoms in total. The zero-order chi connectivity index (χ0) is 13.7. The molecule has 0 aromatic carbocycles. The van der Waals surface area contributed by atoms with Crippen LogP contribution < -0.4 is 10.2 Å². The van der Waals surface area contributed by atoms with E-state index in [1.54, 1.807) is 0 Å². The number of hydrogen-bond acceptors (Lipinski definition) is 5. The van der Waals surface area contributed by atoms with E-state index in [0.717, 1.165) is 30.2 Å². The summed E-state index contributed by atoms with van der Waals surface area (Å²) in [5.41, 5.74) is 2.05. The molecule has 2 rings (SSSR count). The van der Waals surface area contributed by atoms with Crippen LogP contribution in [0, 0.1) is 6.92 Å². The fraction of sp³-hybridized carbons (Fsp3) is 0.357. The number of likely N-dealkylation sites (N-methyl/N-ethyl adjacent to an activating group) is 1. The minimum Gasteiger partial charge on any atom is -0.359 e. The molecular weight excluding hydrogens is 238 g/mol. The third kappa shape index (κ3) is 3.64. The van der Waals surface area contributed by atoms with E-state index in [2.05, 4.69) is 25.2 Å². The Morgan fingerprint density at radius 3 is 2.79 bits per heavy atom. The van der Waals surface area contributed by atoms with Crippen LogP contribution in [0.2, 0.25) is 0 Å². The number of nitrogens with one attached hydrogen (secondary N) is 1. The maximum Gasteiger partial charge on any atom is 0.224 e. The van der Waals surface area contributed by atoms with Crippen molar-refractivity contribution in [3.8, 4) is 0 Å². The highest BCUT2D eigenvalue weighted by molar-refractivity contribution is 5.43. The zero-order valence-electron chi connectivity index (χ0n) is 11.6. The van der Waals surface area contributed by atoms with Crippen molar-refractivity contribution in [1.82, 2.24) is 15.0 Å². The van der Waals surface area contributed by atoms with Crippen LogP contribution in [0.5, 0.6) is 0 Å². The van der Waals surface area contributed by atoms with Crippen molar-refractivity contribution >= 4 is 11.8 Å². The van der Waals surface area contributed by atoms with Gasteiger partial charge >= 0.3 is 0 Å². The van der Waals surface area contributed by atoms with E-state index in [1.165, 1.54) is 0 Å². The molecule has 0 aliphatic rings. The Morgan fingerprint density at radius 1 is 1.26 bits per heavy atom. The summed E-state index contributed by atoms with van der Waals surface area (Å²) in [6, 6.07) is 7.97. The molecule has 1 N–H and O–H groups in total. The van der Waals surface area contributed by atoms with E-state index in [4.69, 9.17) is 0 Å². The lowest BCUT2D eigenvalue weighted by molar-refractivity contribution is 0.834. The first kappa shape index (κ1) is 13.3. The normalized spacial score (nSPS) is 10.3. The molecule has 100 valence electrons. The van der Waals surface area contributed by atoms with E-state index < -0.39 is 0 Å². The van der Waals surface area contributed by atoms with Gasteiger partial charge in [0, 0.05) is 50.7 Å². The van der Waals surface area contributed by atoms with Crippen LogP contribution in [-0.2, 0) is 6.42 Å². The minimum absolute atomic E-state index is 0.652. The van der Waals surface area contributed by atoms with Crippen molar-refractivity contribution in [2.24, 2.45) is 0 Å². The molecule has 0 amide bonds. The maximum absolute atomic E-state index is 4.45. The summed E-state index contributed by atoms with van der Waals surface area (Å²) >= 11 is 0. The Labute approximate surface area is 113 Å². The van der Waals surface area contributed by atoms with Gasteiger partial charge in [-0.3, -0.25) is 4.98 Å². The lowest BCUT2D eigenvalue weighted by Crippen LogP contribution is -2.22. The van der Waals surface area contributed by atoms with E-state index in [-0.39, 0.29) is 0 Å². The quantitative estimate of drug-likeness (QED) is 0.886. The van der Waals surface area contributed by atoms with Gasteiger partial charge < -0.3 is 10.2 Å². The standard InChI is InChI=1S/C14H19N5/c1-11-10-13(18-14(15-2)17-11)19(3)9-7-12-6-4-5-8-16-12/h4-6,8,10H,7,9H2,1-3H3,(H,15,17,18). The van der Waals surface area contributed by atoms with E-state index in [1.807, 2.05) is 51.5 Å². The van der Waals surface area contributed by atoms with Crippen LogP contribution in [-0.4, -0.2) is 35.6 Å². The Balaban J connectivity index is 2.03. The van der Waals surface area contributed by atoms with Gasteiger partial charge in [-0.15, -0.1) is 0 Å². The van der Waals surface area contributed by atoms with Crippen molar-refractivity contribution in [1.29, 1.82) is 0 Å². The average Bonchev–Trinajstić information content (AvgIpc) is 2.45. The first-order valence-electron chi connectivity index (χ1n) is 6.33. The molecule has 0 saturated heterocycles. The molecule has 2 aromatic heterocycles. The van der Waals surface area contributed by atoms with Gasteiger partial charge in [0.25, 0.3) is 0 Å². The third-order valence-corrected chi connectivity index (χ3v) is 2.88. The molecular formula is C14H19N5. The number of aryl methyl sites for hydroxylation is 1. The first-order valence-corrected chi connectivity index (χ1v) is 6.33. The molecule has 0 bridgehead atoms. The monoisotopic (exact) mass is 257 g/mol. The molecule has 2 heterocycles. The molecule has 2 aromatic rings. The van der Waals surface area contributed by atoms with Crippen molar-refractivity contribution in [3.05, 3.63) is 41.9 Å². The van der Waals surface area contributed by atoms with Gasteiger partial charge in [0.2, 0.25) is 5.95 Å². The number of anilines is 2. The SMILES string of the molecule is CNc1nc(C)cc(N(C)CCc2ccccn2)n1. The van der Waals surface area contributed by atoms with Crippen molar-refractivity contribution in [3.63, 3.8) is 0 Å². The Hall–Kier alpha value is -2.17. The number of hydrogen-bond donors (Lipinski definition) is 1. The second kappa shape index (κ2) is 6.13. The topological polar surface area (TPSA) is 53.9 Å². The maximum atomic E-state index is 4.45. The fourth-order valence-corrected chi connectivity index (χ4v) is 1.80. The number of nitrogens with zero attached hydrogens (tertiary/aromatic N) is 4. The molecule has 0 spiro atoms. The van der Waals surface area contributed by atoms with Crippen LogP contribution in [0.25, 0.3) is 0 Å². The molecule has 0 fully saturated rings. The molecule has 0 aliphatic carbocycles. The van der Waals surface area contributed by atoms with E-state index in [9.17, 15) is 0 Å². The van der Waals surface area contributed by atoms with Crippen molar-refractivity contribution in [2.45, 2.75) is 13.3 Å².